The summed E-state index contributed by atoms with van der Waals surface area (Å²) in [5, 5.41) is 101. The van der Waals surface area contributed by atoms with Crippen LogP contribution in [0.2, 0.25) is 0 Å². The molecular weight excluding hydrogens is 568 g/mol. The quantitative estimate of drug-likeness (QED) is 0.131. The summed E-state index contributed by atoms with van der Waals surface area (Å²) in [5.41, 5.74) is -1.38. The summed E-state index contributed by atoms with van der Waals surface area (Å²) in [6.45, 7) is -1.53. The largest absolute Gasteiger partial charge is 0.508 e. The van der Waals surface area contributed by atoms with E-state index in [2.05, 4.69) is 0 Å². The van der Waals surface area contributed by atoms with Gasteiger partial charge in [-0.25, -0.2) is 0 Å². The highest BCUT2D eigenvalue weighted by Gasteiger charge is 2.51. The van der Waals surface area contributed by atoms with Gasteiger partial charge in [-0.1, -0.05) is 0 Å². The third-order valence-electron chi connectivity index (χ3n) is 7.00. The maximum Gasteiger partial charge on any atom is 0.239 e. The van der Waals surface area contributed by atoms with Crippen LogP contribution in [0.25, 0.3) is 22.3 Å². The van der Waals surface area contributed by atoms with E-state index in [1.54, 1.807) is 0 Å². The summed E-state index contributed by atoms with van der Waals surface area (Å²) in [5.74, 6) is -3.39. The number of phenolic OH excluding ortho intramolecular Hbond substituents is 4. The number of ether oxygens (including phenoxy) is 4. The van der Waals surface area contributed by atoms with Crippen LogP contribution in [0, 0.1) is 0 Å². The lowest BCUT2D eigenvalue weighted by atomic mass is 9.99. The first-order valence-electron chi connectivity index (χ1n) is 12.6. The fourth-order valence-electron chi connectivity index (χ4n) is 4.77. The molecule has 0 bridgehead atoms. The lowest BCUT2D eigenvalue weighted by Crippen LogP contribution is -2.62. The van der Waals surface area contributed by atoms with Gasteiger partial charge in [0.15, 0.2) is 29.7 Å². The molecule has 2 aliphatic rings. The Morgan fingerprint density at radius 1 is 0.738 bits per heavy atom. The van der Waals surface area contributed by atoms with Gasteiger partial charge in [0.2, 0.25) is 17.5 Å². The van der Waals surface area contributed by atoms with Crippen molar-refractivity contribution in [3.05, 3.63) is 40.6 Å². The van der Waals surface area contributed by atoms with E-state index in [9.17, 15) is 55.9 Å². The molecule has 1 aromatic heterocycles. The van der Waals surface area contributed by atoms with E-state index in [4.69, 9.17) is 23.4 Å². The minimum atomic E-state index is -1.90. The van der Waals surface area contributed by atoms with Gasteiger partial charge in [0.25, 0.3) is 0 Å². The van der Waals surface area contributed by atoms with E-state index in [-0.39, 0.29) is 11.1 Å². The van der Waals surface area contributed by atoms with Gasteiger partial charge in [-0.2, -0.15) is 0 Å². The Kier molecular flexibility index (Phi) is 8.17. The molecule has 2 fully saturated rings. The Balaban J connectivity index is 1.62. The molecule has 0 radical (unpaired) electrons. The molecule has 228 valence electrons. The predicted octanol–water partition coefficient (Wildman–Crippen LogP) is -2.08. The van der Waals surface area contributed by atoms with E-state index in [0.717, 1.165) is 24.3 Å². The Morgan fingerprint density at radius 3 is 2.02 bits per heavy atom. The number of aliphatic hydroxyl groups is 6. The van der Waals surface area contributed by atoms with Gasteiger partial charge in [0, 0.05) is 17.7 Å². The summed E-state index contributed by atoms with van der Waals surface area (Å²) in [6, 6.07) is 5.21. The second-order valence-electron chi connectivity index (χ2n) is 9.76. The highest BCUT2D eigenvalue weighted by atomic mass is 16.8. The first-order chi connectivity index (χ1) is 19.9. The predicted molar refractivity (Wildman–Crippen MR) is 136 cm³/mol. The van der Waals surface area contributed by atoms with Crippen molar-refractivity contribution >= 4 is 11.0 Å². The molecule has 0 spiro atoms. The van der Waals surface area contributed by atoms with Crippen LogP contribution in [0.1, 0.15) is 0 Å². The first kappa shape index (κ1) is 29.8. The second-order valence-corrected chi connectivity index (χ2v) is 9.76. The average Bonchev–Trinajstić information content (AvgIpc) is 3.22. The third kappa shape index (κ3) is 5.19. The van der Waals surface area contributed by atoms with Crippen molar-refractivity contribution in [2.24, 2.45) is 0 Å². The maximum absolute atomic E-state index is 13.7. The zero-order chi connectivity index (χ0) is 30.5. The smallest absolute Gasteiger partial charge is 0.239 e. The molecule has 10 N–H and O–H groups in total. The minimum Gasteiger partial charge on any atom is -0.508 e. The molecule has 3 heterocycles. The van der Waals surface area contributed by atoms with Crippen molar-refractivity contribution < 1.29 is 74.4 Å². The van der Waals surface area contributed by atoms with Gasteiger partial charge in [-0.05, 0) is 18.2 Å². The Morgan fingerprint density at radius 2 is 1.38 bits per heavy atom. The van der Waals surface area contributed by atoms with Crippen LogP contribution in [0.3, 0.4) is 0 Å². The molecule has 16 heteroatoms. The van der Waals surface area contributed by atoms with E-state index >= 15 is 0 Å². The van der Waals surface area contributed by atoms with Crippen molar-refractivity contribution in [3.63, 3.8) is 0 Å². The van der Waals surface area contributed by atoms with Gasteiger partial charge >= 0.3 is 0 Å². The van der Waals surface area contributed by atoms with Crippen LogP contribution in [0.15, 0.2) is 39.5 Å². The monoisotopic (exact) mass is 596 g/mol. The number of rotatable bonds is 7. The van der Waals surface area contributed by atoms with Crippen LogP contribution in [-0.4, -0.2) is 120 Å². The number of phenols is 4. The molecule has 42 heavy (non-hydrogen) atoms. The van der Waals surface area contributed by atoms with Crippen molar-refractivity contribution in [3.8, 4) is 40.1 Å². The van der Waals surface area contributed by atoms with E-state index < -0.39 is 114 Å². The molecule has 16 nitrogen and oxygen atoms in total. The van der Waals surface area contributed by atoms with Gasteiger partial charge in [-0.3, -0.25) is 4.79 Å². The van der Waals surface area contributed by atoms with Crippen LogP contribution in [0.4, 0.5) is 0 Å². The van der Waals surface area contributed by atoms with Crippen LogP contribution >= 0.6 is 0 Å². The summed E-state index contributed by atoms with van der Waals surface area (Å²) in [7, 11) is 0. The molecule has 0 aliphatic carbocycles. The van der Waals surface area contributed by atoms with Crippen LogP contribution in [-0.2, 0) is 14.2 Å². The lowest BCUT2D eigenvalue weighted by Gasteiger charge is -2.42. The average molecular weight is 596 g/mol. The summed E-state index contributed by atoms with van der Waals surface area (Å²) >= 11 is 0. The number of aliphatic hydroxyl groups excluding tert-OH is 6. The standard InChI is InChI=1S/C26H28O16/c27-6-14-17(33)20(36)24(42-25-21(37)18(34)15(7-28)39-25)26(40-14)41-23-19(35)16-12(32)4-9(29)5-13(16)38-22(23)8-1-2-10(30)11(31)3-8/h1-5,14-15,17-18,20-21,24-34,36-37H,6-7H2/t14-,15-,17-,18-,20+,21+,24-,25-,26+/m1/s1. The molecular formula is C26H28O16. The topological polar surface area (TPSA) is 269 Å². The molecule has 0 unspecified atom stereocenters. The van der Waals surface area contributed by atoms with Crippen LogP contribution < -0.4 is 10.2 Å². The Hall–Kier alpha value is -3.71. The van der Waals surface area contributed by atoms with Gasteiger partial charge in [-0.15, -0.1) is 0 Å². The second kappa shape index (κ2) is 11.5. The van der Waals surface area contributed by atoms with Crippen molar-refractivity contribution in [1.82, 2.24) is 0 Å². The first-order valence-corrected chi connectivity index (χ1v) is 12.6. The van der Waals surface area contributed by atoms with Crippen molar-refractivity contribution in [1.29, 1.82) is 0 Å². The minimum absolute atomic E-state index is 0.0434. The highest BCUT2D eigenvalue weighted by Crippen LogP contribution is 2.40. The number of aromatic hydroxyl groups is 4. The summed E-state index contributed by atoms with van der Waals surface area (Å²) in [4.78, 5) is 13.7. The highest BCUT2D eigenvalue weighted by molar-refractivity contribution is 5.88. The fraction of sp³-hybridized carbons (Fsp3) is 0.423. The number of hydrogen-bond donors (Lipinski definition) is 10. The molecule has 9 atom stereocenters. The van der Waals surface area contributed by atoms with Crippen LogP contribution in [0.5, 0.6) is 28.7 Å². The molecule has 5 rings (SSSR count). The normalized spacial score (nSPS) is 31.4. The van der Waals surface area contributed by atoms with E-state index in [1.165, 1.54) is 6.07 Å². The molecule has 3 aromatic rings. The lowest BCUT2D eigenvalue weighted by molar-refractivity contribution is -0.320. The third-order valence-corrected chi connectivity index (χ3v) is 7.00. The van der Waals surface area contributed by atoms with E-state index in [0.29, 0.717) is 0 Å². The number of fused-ring (bicyclic) bond motifs is 1. The fourth-order valence-corrected chi connectivity index (χ4v) is 4.77. The zero-order valence-corrected chi connectivity index (χ0v) is 21.4. The van der Waals surface area contributed by atoms with Crippen molar-refractivity contribution in [2.45, 2.75) is 55.3 Å². The maximum atomic E-state index is 13.7. The molecule has 2 aliphatic heterocycles. The van der Waals surface area contributed by atoms with Gasteiger partial charge in [0.1, 0.15) is 59.1 Å². The summed E-state index contributed by atoms with van der Waals surface area (Å²) in [6.07, 6.45) is -15.1. The van der Waals surface area contributed by atoms with E-state index in [1.807, 2.05) is 0 Å². The number of hydrogen-bond acceptors (Lipinski definition) is 16. The zero-order valence-electron chi connectivity index (χ0n) is 21.4. The Bertz CT molecular complexity index is 1510. The molecule has 0 amide bonds. The number of benzene rings is 2. The van der Waals surface area contributed by atoms with Crippen molar-refractivity contribution in [2.75, 3.05) is 13.2 Å². The molecule has 0 saturated carbocycles. The SMILES string of the molecule is O=c1c(O[C@@H]2O[C@H](CO)[C@@H](O)[C@H](O)[C@H]2O[C@H]2O[C@H](CO)[C@@H](O)[C@@H]2O)c(-c2ccc(O)c(O)c2)oc2cc(O)cc(O)c12. The van der Waals surface area contributed by atoms with Gasteiger partial charge < -0.3 is 74.4 Å². The molecule has 2 saturated heterocycles. The van der Waals surface area contributed by atoms with Gasteiger partial charge in [0.05, 0.1) is 13.2 Å². The summed E-state index contributed by atoms with van der Waals surface area (Å²) < 4.78 is 28.1. The Labute approximate surface area is 235 Å². The molecule has 2 aromatic carbocycles.